The predicted molar refractivity (Wildman–Crippen MR) is 100 cm³/mol. The molecule has 0 aliphatic heterocycles. The summed E-state index contributed by atoms with van der Waals surface area (Å²) < 4.78 is 31.0. The third kappa shape index (κ3) is 3.76. The second-order valence-electron chi connectivity index (χ2n) is 6.35. The molecule has 0 radical (unpaired) electrons. The van der Waals surface area contributed by atoms with Gasteiger partial charge in [0.05, 0.1) is 16.6 Å². The predicted octanol–water partition coefficient (Wildman–Crippen LogP) is 3.38. The van der Waals surface area contributed by atoms with Crippen LogP contribution in [0.4, 0.5) is 21.6 Å². The number of nitrogens with one attached hydrogen (secondary N) is 2. The van der Waals surface area contributed by atoms with Gasteiger partial charge in [0.1, 0.15) is 22.6 Å². The fourth-order valence-electron chi connectivity index (χ4n) is 2.60. The molecule has 1 aromatic carbocycles. The lowest BCUT2D eigenvalue weighted by atomic mass is 10.1. The Hall–Kier alpha value is -2.15. The van der Waals surface area contributed by atoms with E-state index in [-0.39, 0.29) is 22.3 Å². The van der Waals surface area contributed by atoms with Gasteiger partial charge in [0.15, 0.2) is 0 Å². The van der Waals surface area contributed by atoms with Crippen molar-refractivity contribution in [2.45, 2.75) is 38.4 Å². The fourth-order valence-corrected chi connectivity index (χ4v) is 3.71. The van der Waals surface area contributed by atoms with E-state index in [1.165, 1.54) is 10.6 Å². The monoisotopic (exact) mass is 363 g/mol. The van der Waals surface area contributed by atoms with Gasteiger partial charge in [-0.05, 0) is 49.9 Å². The Morgan fingerprint density at radius 3 is 2.60 bits per heavy atom. The van der Waals surface area contributed by atoms with E-state index in [1.807, 2.05) is 13.0 Å². The number of aryl methyl sites for hydroxylation is 2. The molecular weight excluding hydrogens is 341 g/mol. The quantitative estimate of drug-likeness (QED) is 0.827. The van der Waals surface area contributed by atoms with Crippen LogP contribution in [0.1, 0.15) is 30.9 Å². The topological polar surface area (TPSA) is 63.1 Å². The number of hydrogen-bond acceptors (Lipinski definition) is 3. The Balaban J connectivity index is 1.99. The van der Waals surface area contributed by atoms with Gasteiger partial charge in [0, 0.05) is 12.6 Å². The second-order valence-corrected chi connectivity index (χ2v) is 7.81. The van der Waals surface area contributed by atoms with Crippen molar-refractivity contribution in [3.63, 3.8) is 0 Å². The van der Waals surface area contributed by atoms with Crippen LogP contribution in [0, 0.1) is 12.7 Å². The first-order valence-electron chi connectivity index (χ1n) is 8.34. The highest BCUT2D eigenvalue weighted by Gasteiger charge is 2.29. The van der Waals surface area contributed by atoms with E-state index in [9.17, 15) is 13.4 Å². The van der Waals surface area contributed by atoms with Crippen LogP contribution in [-0.2, 0) is 24.5 Å². The van der Waals surface area contributed by atoms with Crippen molar-refractivity contribution in [2.24, 2.45) is 7.05 Å². The van der Waals surface area contributed by atoms with Gasteiger partial charge in [0.2, 0.25) is 0 Å². The minimum atomic E-state index is -1.21. The van der Waals surface area contributed by atoms with Crippen molar-refractivity contribution < 1.29 is 8.60 Å². The third-order valence-corrected chi connectivity index (χ3v) is 5.82. The molecule has 1 atom stereocenters. The molecule has 1 aliphatic carbocycles. The fraction of sp³-hybridized carbons (Fsp3) is 0.389. The Kier molecular flexibility index (Phi) is 4.94. The molecule has 0 amide bonds. The van der Waals surface area contributed by atoms with E-state index in [1.54, 1.807) is 26.1 Å². The first kappa shape index (κ1) is 17.7. The third-order valence-electron chi connectivity index (χ3n) is 4.33. The van der Waals surface area contributed by atoms with E-state index in [0.29, 0.717) is 17.1 Å². The second kappa shape index (κ2) is 7.00. The Morgan fingerprint density at radius 1 is 1.28 bits per heavy atom. The zero-order chi connectivity index (χ0) is 18.1. The van der Waals surface area contributed by atoms with E-state index in [2.05, 4.69) is 10.0 Å². The minimum absolute atomic E-state index is 0.144. The Bertz CT molecular complexity index is 891. The lowest BCUT2D eigenvalue weighted by Crippen LogP contribution is -2.24. The van der Waals surface area contributed by atoms with Gasteiger partial charge in [-0.2, -0.15) is 0 Å². The number of nitrogens with zero attached hydrogens (tertiary/aromatic N) is 1. The largest absolute Gasteiger partial charge is 0.337 e. The summed E-state index contributed by atoms with van der Waals surface area (Å²) in [6.07, 6.45) is 2.61. The molecule has 0 spiro atoms. The van der Waals surface area contributed by atoms with Crippen molar-refractivity contribution in [2.75, 3.05) is 10.0 Å². The van der Waals surface area contributed by atoms with Crippen LogP contribution < -0.4 is 15.6 Å². The van der Waals surface area contributed by atoms with Crippen LogP contribution in [0.3, 0.4) is 0 Å². The Labute approximate surface area is 148 Å². The summed E-state index contributed by atoms with van der Waals surface area (Å²) in [5, 5.41) is 3.13. The first-order valence-corrected chi connectivity index (χ1v) is 9.55. The molecule has 0 saturated heterocycles. The zero-order valence-corrected chi connectivity index (χ0v) is 15.4. The van der Waals surface area contributed by atoms with E-state index < -0.39 is 11.0 Å². The summed E-state index contributed by atoms with van der Waals surface area (Å²) in [6, 6.07) is 6.63. The van der Waals surface area contributed by atoms with Gasteiger partial charge in [-0.25, -0.2) is 8.60 Å². The lowest BCUT2D eigenvalue weighted by Gasteiger charge is -2.18. The highest BCUT2D eigenvalue weighted by molar-refractivity contribution is 7.87. The summed E-state index contributed by atoms with van der Waals surface area (Å²) in [5.41, 5.74) is 2.05. The Morgan fingerprint density at radius 2 is 2.00 bits per heavy atom. The number of anilines is 3. The number of hydrogen-bond donors (Lipinski definition) is 2. The number of benzene rings is 1. The maximum atomic E-state index is 14.3. The van der Waals surface area contributed by atoms with Crippen LogP contribution in [0.15, 0.2) is 29.1 Å². The molecule has 1 unspecified atom stereocenters. The average Bonchev–Trinajstić information content (AvgIpc) is 3.42. The van der Waals surface area contributed by atoms with Crippen LogP contribution in [0.2, 0.25) is 0 Å². The smallest absolute Gasteiger partial charge is 0.254 e. The molecule has 0 bridgehead atoms. The number of pyridine rings is 1. The number of rotatable bonds is 6. The summed E-state index contributed by atoms with van der Waals surface area (Å²) in [4.78, 5) is 12.3. The van der Waals surface area contributed by atoms with Crippen LogP contribution in [0.5, 0.6) is 0 Å². The molecule has 134 valence electrons. The summed E-state index contributed by atoms with van der Waals surface area (Å²) >= 11 is 0. The first-order chi connectivity index (χ1) is 11.9. The maximum absolute atomic E-state index is 14.3. The molecule has 25 heavy (non-hydrogen) atoms. The molecule has 2 N–H and O–H groups in total. The van der Waals surface area contributed by atoms with E-state index in [0.717, 1.165) is 24.8 Å². The summed E-state index contributed by atoms with van der Waals surface area (Å²) in [6.45, 7) is 3.66. The number of aromatic nitrogens is 1. The molecule has 7 heteroatoms. The van der Waals surface area contributed by atoms with Gasteiger partial charge < -0.3 is 10.0 Å². The molecule has 1 heterocycles. The van der Waals surface area contributed by atoms with Gasteiger partial charge in [-0.1, -0.05) is 13.0 Å². The van der Waals surface area contributed by atoms with Crippen LogP contribution in [-0.4, -0.2) is 14.0 Å². The standard InChI is InChI=1S/C18H22FN3O2S/c1-4-12-5-8-15(14(19)10-12)20-17-16(21-25(24)13-6-7-13)9-11(2)18(23)22(17)3/h5,8-10,13,20-21H,4,6-7H2,1-3H3. The van der Waals surface area contributed by atoms with Crippen LogP contribution >= 0.6 is 0 Å². The molecule has 1 saturated carbocycles. The maximum Gasteiger partial charge on any atom is 0.254 e. The van der Waals surface area contributed by atoms with Crippen molar-refractivity contribution in [3.05, 3.63) is 51.6 Å². The molecule has 1 fully saturated rings. The van der Waals surface area contributed by atoms with Gasteiger partial charge in [-0.3, -0.25) is 9.36 Å². The van der Waals surface area contributed by atoms with Crippen molar-refractivity contribution >= 4 is 28.2 Å². The highest BCUT2D eigenvalue weighted by Crippen LogP contribution is 2.31. The van der Waals surface area contributed by atoms with E-state index in [4.69, 9.17) is 0 Å². The molecule has 1 aromatic heterocycles. The van der Waals surface area contributed by atoms with E-state index >= 15 is 0 Å². The average molecular weight is 363 g/mol. The minimum Gasteiger partial charge on any atom is -0.337 e. The number of halogens is 1. The molecule has 1 aliphatic rings. The highest BCUT2D eigenvalue weighted by atomic mass is 32.2. The molecule has 3 rings (SSSR count). The van der Waals surface area contributed by atoms with Gasteiger partial charge in [0.25, 0.3) is 5.56 Å². The van der Waals surface area contributed by atoms with Gasteiger partial charge >= 0.3 is 0 Å². The van der Waals surface area contributed by atoms with Crippen molar-refractivity contribution in [3.8, 4) is 0 Å². The molecular formula is C18H22FN3O2S. The van der Waals surface area contributed by atoms with Crippen molar-refractivity contribution in [1.29, 1.82) is 0 Å². The van der Waals surface area contributed by atoms with Crippen LogP contribution in [0.25, 0.3) is 0 Å². The SMILES string of the molecule is CCc1ccc(Nc2c(NS(=O)C3CC3)cc(C)c(=O)n2C)c(F)c1. The molecule has 2 aromatic rings. The summed E-state index contributed by atoms with van der Waals surface area (Å²) in [5.74, 6) is 0.00869. The lowest BCUT2D eigenvalue weighted by molar-refractivity contribution is 0.629. The normalized spacial score (nSPS) is 15.0. The summed E-state index contributed by atoms with van der Waals surface area (Å²) in [7, 11) is 0.400. The zero-order valence-electron chi connectivity index (χ0n) is 14.6. The van der Waals surface area contributed by atoms with Gasteiger partial charge in [-0.15, -0.1) is 0 Å². The molecule has 5 nitrogen and oxygen atoms in total. The van der Waals surface area contributed by atoms with Crippen molar-refractivity contribution in [1.82, 2.24) is 4.57 Å².